The minimum Gasteiger partial charge on any atom is -0.476 e. The molecule has 3 nitrogen and oxygen atoms in total. The highest BCUT2D eigenvalue weighted by Crippen LogP contribution is 2.24. The SMILES string of the molecule is CCSc1ccc(SCC)c(C(=O)O)n1. The molecule has 0 atom stereocenters. The monoisotopic (exact) mass is 243 g/mol. The molecule has 1 aromatic heterocycles. The van der Waals surface area contributed by atoms with Crippen molar-refractivity contribution in [2.45, 2.75) is 23.8 Å². The molecule has 1 rings (SSSR count). The first kappa shape index (κ1) is 12.4. The van der Waals surface area contributed by atoms with Crippen molar-refractivity contribution in [3.05, 3.63) is 17.8 Å². The Kier molecular flexibility index (Phi) is 4.98. The predicted molar refractivity (Wildman–Crippen MR) is 64.0 cm³/mol. The average Bonchev–Trinajstić information content (AvgIpc) is 2.21. The van der Waals surface area contributed by atoms with Crippen LogP contribution in [-0.2, 0) is 0 Å². The van der Waals surface area contributed by atoms with E-state index >= 15 is 0 Å². The number of pyridine rings is 1. The van der Waals surface area contributed by atoms with Gasteiger partial charge in [0.25, 0.3) is 0 Å². The van der Waals surface area contributed by atoms with Gasteiger partial charge in [0.05, 0.1) is 5.03 Å². The molecule has 0 amide bonds. The van der Waals surface area contributed by atoms with Crippen LogP contribution in [0.15, 0.2) is 22.1 Å². The maximum atomic E-state index is 11.0. The van der Waals surface area contributed by atoms with E-state index in [4.69, 9.17) is 5.11 Å². The molecule has 0 saturated carbocycles. The lowest BCUT2D eigenvalue weighted by molar-refractivity contribution is 0.0685. The molecule has 0 saturated heterocycles. The largest absolute Gasteiger partial charge is 0.476 e. The molecule has 0 fully saturated rings. The van der Waals surface area contributed by atoms with E-state index in [1.165, 1.54) is 11.8 Å². The molecule has 1 heterocycles. The molecule has 82 valence electrons. The smallest absolute Gasteiger partial charge is 0.355 e. The van der Waals surface area contributed by atoms with E-state index in [1.54, 1.807) is 11.8 Å². The van der Waals surface area contributed by atoms with Crippen molar-refractivity contribution in [1.29, 1.82) is 0 Å². The minimum absolute atomic E-state index is 0.167. The molecule has 1 aromatic rings. The topological polar surface area (TPSA) is 50.2 Å². The van der Waals surface area contributed by atoms with Crippen molar-refractivity contribution in [1.82, 2.24) is 4.98 Å². The zero-order chi connectivity index (χ0) is 11.3. The zero-order valence-electron chi connectivity index (χ0n) is 8.69. The van der Waals surface area contributed by atoms with Crippen LogP contribution >= 0.6 is 23.5 Å². The summed E-state index contributed by atoms with van der Waals surface area (Å²) < 4.78 is 0. The fourth-order valence-electron chi connectivity index (χ4n) is 1.08. The summed E-state index contributed by atoms with van der Waals surface area (Å²) in [6.45, 7) is 4.01. The van der Waals surface area contributed by atoms with Crippen LogP contribution in [0.2, 0.25) is 0 Å². The van der Waals surface area contributed by atoms with Gasteiger partial charge in [0.1, 0.15) is 0 Å². The van der Waals surface area contributed by atoms with Crippen molar-refractivity contribution < 1.29 is 9.90 Å². The Morgan fingerprint density at radius 2 is 2.00 bits per heavy atom. The van der Waals surface area contributed by atoms with Gasteiger partial charge in [0, 0.05) is 4.90 Å². The number of hydrogen-bond donors (Lipinski definition) is 1. The number of carboxylic acids is 1. The van der Waals surface area contributed by atoms with E-state index in [9.17, 15) is 4.79 Å². The molecular weight excluding hydrogens is 230 g/mol. The van der Waals surface area contributed by atoms with Crippen molar-refractivity contribution in [3.8, 4) is 0 Å². The Hall–Kier alpha value is -0.680. The van der Waals surface area contributed by atoms with Crippen LogP contribution in [0.25, 0.3) is 0 Å². The zero-order valence-corrected chi connectivity index (χ0v) is 10.3. The molecule has 0 unspecified atom stereocenters. The number of carbonyl (C=O) groups is 1. The molecule has 0 aliphatic heterocycles. The van der Waals surface area contributed by atoms with E-state index < -0.39 is 5.97 Å². The number of rotatable bonds is 5. The summed E-state index contributed by atoms with van der Waals surface area (Å²) in [5, 5.41) is 9.77. The van der Waals surface area contributed by atoms with Crippen LogP contribution in [0, 0.1) is 0 Å². The van der Waals surface area contributed by atoms with E-state index in [2.05, 4.69) is 4.98 Å². The molecule has 0 spiro atoms. The first-order valence-corrected chi connectivity index (χ1v) is 6.66. The molecule has 0 aliphatic rings. The summed E-state index contributed by atoms with van der Waals surface area (Å²) in [4.78, 5) is 15.8. The van der Waals surface area contributed by atoms with E-state index in [0.29, 0.717) is 0 Å². The van der Waals surface area contributed by atoms with Gasteiger partial charge in [-0.3, -0.25) is 0 Å². The van der Waals surface area contributed by atoms with Gasteiger partial charge in [-0.15, -0.1) is 23.5 Å². The van der Waals surface area contributed by atoms with Crippen LogP contribution in [0.3, 0.4) is 0 Å². The van der Waals surface area contributed by atoms with Crippen LogP contribution in [0.4, 0.5) is 0 Å². The fourth-order valence-corrected chi connectivity index (χ4v) is 2.44. The third-order valence-corrected chi connectivity index (χ3v) is 3.37. The van der Waals surface area contributed by atoms with Gasteiger partial charge in [-0.2, -0.15) is 0 Å². The molecule has 0 bridgehead atoms. The normalized spacial score (nSPS) is 10.3. The standard InChI is InChI=1S/C10H13NO2S2/c1-3-14-7-5-6-8(15-4-2)11-9(7)10(12)13/h5-6H,3-4H2,1-2H3,(H,12,13). The van der Waals surface area contributed by atoms with Crippen molar-refractivity contribution in [2.75, 3.05) is 11.5 Å². The Balaban J connectivity index is 3.03. The number of carboxylic acid groups (broad SMARTS) is 1. The highest BCUT2D eigenvalue weighted by Gasteiger charge is 2.12. The third kappa shape index (κ3) is 3.43. The molecular formula is C10H13NO2S2. The Morgan fingerprint density at radius 3 is 2.53 bits per heavy atom. The van der Waals surface area contributed by atoms with Gasteiger partial charge >= 0.3 is 5.97 Å². The van der Waals surface area contributed by atoms with Crippen LogP contribution in [0.5, 0.6) is 0 Å². The van der Waals surface area contributed by atoms with Crippen LogP contribution in [0.1, 0.15) is 24.3 Å². The van der Waals surface area contributed by atoms with Gasteiger partial charge in [0.2, 0.25) is 0 Å². The number of aromatic nitrogens is 1. The first-order valence-electron chi connectivity index (χ1n) is 4.69. The molecule has 0 aliphatic carbocycles. The Bertz CT molecular complexity index is 355. The lowest BCUT2D eigenvalue weighted by atomic mass is 10.3. The second kappa shape index (κ2) is 6.02. The highest BCUT2D eigenvalue weighted by molar-refractivity contribution is 7.99. The predicted octanol–water partition coefficient (Wildman–Crippen LogP) is 3.00. The van der Waals surface area contributed by atoms with Crippen LogP contribution < -0.4 is 0 Å². The van der Waals surface area contributed by atoms with Crippen molar-refractivity contribution in [2.24, 2.45) is 0 Å². The average molecular weight is 243 g/mol. The maximum absolute atomic E-state index is 11.0. The summed E-state index contributed by atoms with van der Waals surface area (Å²) in [5.74, 6) is 0.790. The van der Waals surface area contributed by atoms with Gasteiger partial charge in [-0.25, -0.2) is 9.78 Å². The summed E-state index contributed by atoms with van der Waals surface area (Å²) in [6, 6.07) is 3.71. The molecule has 0 aromatic carbocycles. The second-order valence-electron chi connectivity index (χ2n) is 2.67. The first-order chi connectivity index (χ1) is 7.19. The van der Waals surface area contributed by atoms with Gasteiger partial charge in [-0.05, 0) is 23.6 Å². The van der Waals surface area contributed by atoms with E-state index in [1.807, 2.05) is 26.0 Å². The van der Waals surface area contributed by atoms with Crippen molar-refractivity contribution in [3.63, 3.8) is 0 Å². The summed E-state index contributed by atoms with van der Waals surface area (Å²) in [5.41, 5.74) is 0.167. The van der Waals surface area contributed by atoms with E-state index in [-0.39, 0.29) is 5.69 Å². The Labute approximate surface area is 97.7 Å². The number of nitrogens with zero attached hydrogens (tertiary/aromatic N) is 1. The van der Waals surface area contributed by atoms with Gasteiger partial charge < -0.3 is 5.11 Å². The molecule has 0 radical (unpaired) electrons. The molecule has 15 heavy (non-hydrogen) atoms. The number of thioether (sulfide) groups is 2. The van der Waals surface area contributed by atoms with Crippen molar-refractivity contribution >= 4 is 29.5 Å². The summed E-state index contributed by atoms with van der Waals surface area (Å²) >= 11 is 3.05. The fraction of sp³-hybridized carbons (Fsp3) is 0.400. The third-order valence-electron chi connectivity index (χ3n) is 1.63. The lowest BCUT2D eigenvalue weighted by Gasteiger charge is -2.05. The molecule has 5 heteroatoms. The molecule has 1 N–H and O–H groups in total. The van der Waals surface area contributed by atoms with E-state index in [0.717, 1.165) is 21.4 Å². The quantitative estimate of drug-likeness (QED) is 0.806. The lowest BCUT2D eigenvalue weighted by Crippen LogP contribution is -2.03. The summed E-state index contributed by atoms with van der Waals surface area (Å²) in [6.07, 6.45) is 0. The van der Waals surface area contributed by atoms with Crippen LogP contribution in [-0.4, -0.2) is 27.6 Å². The highest BCUT2D eigenvalue weighted by atomic mass is 32.2. The van der Waals surface area contributed by atoms with Gasteiger partial charge in [0.15, 0.2) is 5.69 Å². The minimum atomic E-state index is -0.954. The number of hydrogen-bond acceptors (Lipinski definition) is 4. The Morgan fingerprint density at radius 1 is 1.33 bits per heavy atom. The second-order valence-corrected chi connectivity index (χ2v) is 5.26. The van der Waals surface area contributed by atoms with Gasteiger partial charge in [-0.1, -0.05) is 13.8 Å². The summed E-state index contributed by atoms with van der Waals surface area (Å²) in [7, 11) is 0. The maximum Gasteiger partial charge on any atom is 0.355 e. The number of aromatic carboxylic acids is 1.